The number of aromatic nitrogens is 1. The topological polar surface area (TPSA) is 34.1 Å². The maximum Gasteiger partial charge on any atom is 0.137 e. The Morgan fingerprint density at radius 3 is 3.06 bits per heavy atom. The van der Waals surface area contributed by atoms with Crippen LogP contribution in [0.25, 0.3) is 0 Å². The molecule has 0 bridgehead atoms. The molecule has 0 spiro atoms. The Balaban J connectivity index is 2.01. The molecule has 0 amide bonds. The summed E-state index contributed by atoms with van der Waals surface area (Å²) in [5.74, 6) is 0.800. The molecule has 0 radical (unpaired) electrons. The molecule has 0 aliphatic carbocycles. The molecule has 1 atom stereocenters. The van der Waals surface area contributed by atoms with Crippen molar-refractivity contribution in [2.45, 2.75) is 12.6 Å². The van der Waals surface area contributed by atoms with Crippen LogP contribution in [-0.2, 0) is 6.54 Å². The van der Waals surface area contributed by atoms with Gasteiger partial charge in [-0.05, 0) is 22.8 Å². The Morgan fingerprint density at radius 1 is 1.29 bits per heavy atom. The van der Waals surface area contributed by atoms with E-state index in [2.05, 4.69) is 34.6 Å². The van der Waals surface area contributed by atoms with Crippen LogP contribution in [0.2, 0.25) is 0 Å². The van der Waals surface area contributed by atoms with Gasteiger partial charge in [0.1, 0.15) is 5.75 Å². The van der Waals surface area contributed by atoms with Crippen LogP contribution in [0, 0.1) is 0 Å². The van der Waals surface area contributed by atoms with Crippen molar-refractivity contribution >= 4 is 0 Å². The van der Waals surface area contributed by atoms with E-state index in [4.69, 9.17) is 4.74 Å². The van der Waals surface area contributed by atoms with Gasteiger partial charge in [-0.25, -0.2) is 0 Å². The second kappa shape index (κ2) is 4.18. The summed E-state index contributed by atoms with van der Waals surface area (Å²) >= 11 is 0. The van der Waals surface area contributed by atoms with Crippen molar-refractivity contribution in [3.05, 3.63) is 59.4 Å². The van der Waals surface area contributed by atoms with Gasteiger partial charge in [0, 0.05) is 12.7 Å². The second-order valence-electron chi connectivity index (χ2n) is 4.17. The molecular weight excluding hydrogens is 212 g/mol. The van der Waals surface area contributed by atoms with E-state index >= 15 is 0 Å². The Hall–Kier alpha value is -1.87. The van der Waals surface area contributed by atoms with Gasteiger partial charge in [-0.1, -0.05) is 24.3 Å². The lowest BCUT2D eigenvalue weighted by atomic mass is 10.00. The third-order valence-corrected chi connectivity index (χ3v) is 3.17. The van der Waals surface area contributed by atoms with E-state index in [1.165, 1.54) is 11.1 Å². The smallest absolute Gasteiger partial charge is 0.137 e. The quantitative estimate of drug-likeness (QED) is 0.853. The Bertz CT molecular complexity index is 539. The third kappa shape index (κ3) is 1.78. The van der Waals surface area contributed by atoms with Crippen LogP contribution in [-0.4, -0.2) is 12.1 Å². The first-order valence-electron chi connectivity index (χ1n) is 5.68. The summed E-state index contributed by atoms with van der Waals surface area (Å²) in [7, 11) is 1.66. The van der Waals surface area contributed by atoms with Crippen molar-refractivity contribution in [2.75, 3.05) is 7.11 Å². The molecule has 1 aromatic heterocycles. The Morgan fingerprint density at radius 2 is 2.18 bits per heavy atom. The summed E-state index contributed by atoms with van der Waals surface area (Å²) in [5.41, 5.74) is 3.84. The number of nitrogens with zero attached hydrogens (tertiary/aromatic N) is 1. The Labute approximate surface area is 100 Å². The van der Waals surface area contributed by atoms with Crippen molar-refractivity contribution in [3.63, 3.8) is 0 Å². The van der Waals surface area contributed by atoms with Gasteiger partial charge < -0.3 is 10.1 Å². The highest BCUT2D eigenvalue weighted by Crippen LogP contribution is 2.31. The van der Waals surface area contributed by atoms with Crippen LogP contribution in [0.15, 0.2) is 42.7 Å². The fraction of sp³-hybridized carbons (Fsp3) is 0.214. The van der Waals surface area contributed by atoms with Crippen LogP contribution in [0.4, 0.5) is 0 Å². The SMILES string of the molecule is COc1cncc(C2NCc3ccccc32)c1. The predicted molar refractivity (Wildman–Crippen MR) is 65.9 cm³/mol. The average Bonchev–Trinajstić information content (AvgIpc) is 2.82. The number of pyridine rings is 1. The molecule has 1 aromatic carbocycles. The van der Waals surface area contributed by atoms with E-state index in [0.717, 1.165) is 17.9 Å². The lowest BCUT2D eigenvalue weighted by Gasteiger charge is -2.13. The summed E-state index contributed by atoms with van der Waals surface area (Å²) in [6.07, 6.45) is 3.62. The second-order valence-corrected chi connectivity index (χ2v) is 4.17. The number of methoxy groups -OCH3 is 1. The van der Waals surface area contributed by atoms with Crippen molar-refractivity contribution in [3.8, 4) is 5.75 Å². The van der Waals surface area contributed by atoms with Crippen LogP contribution in [0.5, 0.6) is 5.75 Å². The van der Waals surface area contributed by atoms with Gasteiger partial charge in [-0.15, -0.1) is 0 Å². The first kappa shape index (κ1) is 10.3. The number of rotatable bonds is 2. The van der Waals surface area contributed by atoms with Crippen LogP contribution < -0.4 is 10.1 Å². The van der Waals surface area contributed by atoms with E-state index < -0.39 is 0 Å². The molecule has 0 fully saturated rings. The van der Waals surface area contributed by atoms with Gasteiger partial charge in [0.25, 0.3) is 0 Å². The molecule has 17 heavy (non-hydrogen) atoms. The van der Waals surface area contributed by atoms with Gasteiger partial charge in [-0.3, -0.25) is 4.98 Å². The highest BCUT2D eigenvalue weighted by molar-refractivity contribution is 5.41. The van der Waals surface area contributed by atoms with Crippen LogP contribution >= 0.6 is 0 Å². The first-order chi connectivity index (χ1) is 8.38. The number of hydrogen-bond donors (Lipinski definition) is 1. The van der Waals surface area contributed by atoms with Crippen molar-refractivity contribution in [1.29, 1.82) is 0 Å². The molecule has 86 valence electrons. The minimum atomic E-state index is 0.230. The van der Waals surface area contributed by atoms with Crippen LogP contribution in [0.3, 0.4) is 0 Å². The lowest BCUT2D eigenvalue weighted by molar-refractivity contribution is 0.411. The first-order valence-corrected chi connectivity index (χ1v) is 5.68. The number of hydrogen-bond acceptors (Lipinski definition) is 3. The molecule has 1 N–H and O–H groups in total. The molecule has 2 aromatic rings. The predicted octanol–water partition coefficient (Wildman–Crippen LogP) is 2.28. The fourth-order valence-electron chi connectivity index (χ4n) is 2.30. The van der Waals surface area contributed by atoms with E-state index in [1.54, 1.807) is 13.3 Å². The molecule has 1 unspecified atom stereocenters. The highest BCUT2D eigenvalue weighted by Gasteiger charge is 2.23. The van der Waals surface area contributed by atoms with Gasteiger partial charge in [0.05, 0.1) is 19.3 Å². The fourth-order valence-corrected chi connectivity index (χ4v) is 2.30. The maximum absolute atomic E-state index is 5.21. The largest absolute Gasteiger partial charge is 0.495 e. The summed E-state index contributed by atoms with van der Waals surface area (Å²) < 4.78 is 5.21. The third-order valence-electron chi connectivity index (χ3n) is 3.17. The van der Waals surface area contributed by atoms with E-state index in [0.29, 0.717) is 0 Å². The summed E-state index contributed by atoms with van der Waals surface area (Å²) in [5, 5.41) is 3.49. The zero-order valence-corrected chi connectivity index (χ0v) is 9.68. The summed E-state index contributed by atoms with van der Waals surface area (Å²) in [6.45, 7) is 0.915. The molecule has 2 heterocycles. The molecule has 0 saturated heterocycles. The number of nitrogens with one attached hydrogen (secondary N) is 1. The minimum absolute atomic E-state index is 0.230. The van der Waals surface area contributed by atoms with Gasteiger partial charge in [-0.2, -0.15) is 0 Å². The van der Waals surface area contributed by atoms with E-state index in [9.17, 15) is 0 Å². The maximum atomic E-state index is 5.21. The number of ether oxygens (including phenoxy) is 1. The molecular formula is C14H14N2O. The molecule has 0 saturated carbocycles. The zero-order valence-electron chi connectivity index (χ0n) is 9.68. The van der Waals surface area contributed by atoms with Crippen molar-refractivity contribution in [2.24, 2.45) is 0 Å². The molecule has 3 heteroatoms. The normalized spacial score (nSPS) is 17.8. The average molecular weight is 226 g/mol. The lowest BCUT2D eigenvalue weighted by Crippen LogP contribution is -2.13. The van der Waals surface area contributed by atoms with Gasteiger partial charge in [0.15, 0.2) is 0 Å². The zero-order chi connectivity index (χ0) is 11.7. The van der Waals surface area contributed by atoms with Gasteiger partial charge in [0.2, 0.25) is 0 Å². The monoisotopic (exact) mass is 226 g/mol. The molecule has 3 rings (SSSR count). The number of fused-ring (bicyclic) bond motifs is 1. The van der Waals surface area contributed by atoms with E-state index in [1.807, 2.05) is 12.3 Å². The minimum Gasteiger partial charge on any atom is -0.495 e. The molecule has 1 aliphatic heterocycles. The molecule has 3 nitrogen and oxygen atoms in total. The van der Waals surface area contributed by atoms with Crippen molar-refractivity contribution in [1.82, 2.24) is 10.3 Å². The van der Waals surface area contributed by atoms with Crippen LogP contribution in [0.1, 0.15) is 22.7 Å². The highest BCUT2D eigenvalue weighted by atomic mass is 16.5. The number of benzene rings is 1. The Kier molecular flexibility index (Phi) is 2.53. The summed E-state index contributed by atoms with van der Waals surface area (Å²) in [6, 6.07) is 10.7. The molecule has 1 aliphatic rings. The van der Waals surface area contributed by atoms with Crippen molar-refractivity contribution < 1.29 is 4.74 Å². The van der Waals surface area contributed by atoms with Gasteiger partial charge >= 0.3 is 0 Å². The standard InChI is InChI=1S/C14H14N2O/c1-17-12-6-11(7-15-9-12)14-13-5-3-2-4-10(13)8-16-14/h2-7,9,14,16H,8H2,1H3. The van der Waals surface area contributed by atoms with E-state index in [-0.39, 0.29) is 6.04 Å². The summed E-state index contributed by atoms with van der Waals surface area (Å²) in [4.78, 5) is 4.21.